The molecule has 1 fully saturated rings. The van der Waals surface area contributed by atoms with E-state index in [9.17, 15) is 0 Å². The molecular weight excluding hydrogens is 188 g/mol. The minimum atomic E-state index is -0.500. The highest BCUT2D eigenvalue weighted by atomic mass is 16.5. The van der Waals surface area contributed by atoms with Gasteiger partial charge in [0.25, 0.3) is 0 Å². The topological polar surface area (TPSA) is 29.5 Å². The molecule has 1 N–H and O–H groups in total. The molecule has 2 nitrogen and oxygen atoms in total. The van der Waals surface area contributed by atoms with E-state index in [0.717, 1.165) is 19.6 Å². The number of allylic oxidation sites excluding steroid dienone is 1. The molecule has 0 atom stereocenters. The molecule has 1 aliphatic rings. The molecule has 0 amide bonds. The molecule has 15 heavy (non-hydrogen) atoms. The number of hydrogen-bond donors (Lipinski definition) is 1. The summed E-state index contributed by atoms with van der Waals surface area (Å²) in [6.45, 7) is 15.0. The van der Waals surface area contributed by atoms with Crippen molar-refractivity contribution in [2.45, 2.75) is 59.5 Å². The fourth-order valence-corrected chi connectivity index (χ4v) is 0.510. The van der Waals surface area contributed by atoms with Gasteiger partial charge in [-0.05, 0) is 47.0 Å². The van der Waals surface area contributed by atoms with E-state index in [4.69, 9.17) is 9.84 Å². The highest BCUT2D eigenvalue weighted by Gasteiger charge is 1.97. The van der Waals surface area contributed by atoms with Crippen molar-refractivity contribution in [3.8, 4) is 0 Å². The summed E-state index contributed by atoms with van der Waals surface area (Å²) in [7, 11) is 0. The maximum absolute atomic E-state index is 8.52. The molecule has 0 aromatic rings. The summed E-state index contributed by atoms with van der Waals surface area (Å²) >= 11 is 0. The summed E-state index contributed by atoms with van der Waals surface area (Å²) in [5, 5.41) is 8.52. The Balaban J connectivity index is 0. The van der Waals surface area contributed by atoms with Crippen LogP contribution in [0.3, 0.4) is 0 Å². The number of ether oxygens (including phenoxy) is 1. The standard InChI is InChI=1S/C5H10.C4H8O.C4H10O/c1-4-5(2)3;1-2-4-5-3-1;1-4(2,3)5/h2,4H2,1,3H3;1-4H2;5H,1-3H3. The molecule has 1 saturated heterocycles. The van der Waals surface area contributed by atoms with E-state index in [1.807, 2.05) is 6.92 Å². The Morgan fingerprint density at radius 1 is 1.27 bits per heavy atom. The van der Waals surface area contributed by atoms with Crippen LogP contribution in [0.4, 0.5) is 0 Å². The van der Waals surface area contributed by atoms with Crippen molar-refractivity contribution >= 4 is 0 Å². The van der Waals surface area contributed by atoms with Crippen LogP contribution in [0.1, 0.15) is 53.9 Å². The van der Waals surface area contributed by atoms with Crippen molar-refractivity contribution < 1.29 is 9.84 Å². The molecular formula is C13H28O2. The smallest absolute Gasteiger partial charge is 0.0563 e. The van der Waals surface area contributed by atoms with Crippen LogP contribution in [0, 0.1) is 0 Å². The van der Waals surface area contributed by atoms with Gasteiger partial charge in [-0.15, -0.1) is 6.58 Å². The normalized spacial score (nSPS) is 14.5. The summed E-state index contributed by atoms with van der Waals surface area (Å²) in [4.78, 5) is 0. The first-order valence-electron chi connectivity index (χ1n) is 5.72. The van der Waals surface area contributed by atoms with Crippen molar-refractivity contribution in [2.75, 3.05) is 13.2 Å². The SMILES string of the molecule is C1CCOC1.C=C(C)CC.CC(C)(C)O. The molecule has 0 radical (unpaired) electrons. The fraction of sp³-hybridized carbons (Fsp3) is 0.846. The van der Waals surface area contributed by atoms with E-state index in [0.29, 0.717) is 0 Å². The maximum Gasteiger partial charge on any atom is 0.0563 e. The average Bonchev–Trinajstić information content (AvgIpc) is 2.57. The lowest BCUT2D eigenvalue weighted by molar-refractivity contribution is 0.102. The summed E-state index contributed by atoms with van der Waals surface area (Å²) in [5.41, 5.74) is 0.755. The highest BCUT2D eigenvalue weighted by Crippen LogP contribution is 1.98. The lowest BCUT2D eigenvalue weighted by atomic mass is 10.2. The van der Waals surface area contributed by atoms with Crippen LogP contribution in [-0.2, 0) is 4.74 Å². The highest BCUT2D eigenvalue weighted by molar-refractivity contribution is 4.84. The van der Waals surface area contributed by atoms with Gasteiger partial charge in [-0.3, -0.25) is 0 Å². The van der Waals surface area contributed by atoms with Gasteiger partial charge in [0.05, 0.1) is 5.60 Å². The average molecular weight is 216 g/mol. The van der Waals surface area contributed by atoms with E-state index < -0.39 is 5.60 Å². The van der Waals surface area contributed by atoms with E-state index in [-0.39, 0.29) is 0 Å². The van der Waals surface area contributed by atoms with Crippen LogP contribution in [0.5, 0.6) is 0 Å². The minimum absolute atomic E-state index is 0.500. The van der Waals surface area contributed by atoms with Crippen LogP contribution in [-0.4, -0.2) is 23.9 Å². The Kier molecular flexibility index (Phi) is 11.6. The van der Waals surface area contributed by atoms with Gasteiger partial charge in [-0.1, -0.05) is 12.5 Å². The second kappa shape index (κ2) is 10.2. The molecule has 0 aliphatic carbocycles. The maximum atomic E-state index is 8.52. The van der Waals surface area contributed by atoms with Crippen molar-refractivity contribution in [3.63, 3.8) is 0 Å². The third-order valence-corrected chi connectivity index (χ3v) is 1.43. The summed E-state index contributed by atoms with van der Waals surface area (Å²) < 4.78 is 4.94. The van der Waals surface area contributed by atoms with Gasteiger partial charge >= 0.3 is 0 Å². The van der Waals surface area contributed by atoms with Gasteiger partial charge in [-0.25, -0.2) is 0 Å². The summed E-state index contributed by atoms with van der Waals surface area (Å²) in [6.07, 6.45) is 3.67. The lowest BCUT2D eigenvalue weighted by Gasteiger charge is -2.04. The van der Waals surface area contributed by atoms with Crippen LogP contribution in [0.2, 0.25) is 0 Å². The third kappa shape index (κ3) is 41.9. The Morgan fingerprint density at radius 3 is 1.60 bits per heavy atom. The first-order valence-corrected chi connectivity index (χ1v) is 5.72. The van der Waals surface area contributed by atoms with Gasteiger partial charge < -0.3 is 9.84 Å². The zero-order valence-electron chi connectivity index (χ0n) is 11.1. The molecule has 2 heteroatoms. The third-order valence-electron chi connectivity index (χ3n) is 1.43. The van der Waals surface area contributed by atoms with Crippen molar-refractivity contribution in [1.29, 1.82) is 0 Å². The van der Waals surface area contributed by atoms with Crippen molar-refractivity contribution in [1.82, 2.24) is 0 Å². The monoisotopic (exact) mass is 216 g/mol. The molecule has 0 aromatic heterocycles. The van der Waals surface area contributed by atoms with Crippen LogP contribution in [0.15, 0.2) is 12.2 Å². The van der Waals surface area contributed by atoms with Gasteiger partial charge in [0, 0.05) is 13.2 Å². The summed E-state index contributed by atoms with van der Waals surface area (Å²) in [5.74, 6) is 0. The summed E-state index contributed by atoms with van der Waals surface area (Å²) in [6, 6.07) is 0. The predicted molar refractivity (Wildman–Crippen MR) is 67.1 cm³/mol. The Hall–Kier alpha value is -0.340. The largest absolute Gasteiger partial charge is 0.391 e. The Bertz CT molecular complexity index is 127. The zero-order valence-corrected chi connectivity index (χ0v) is 11.1. The van der Waals surface area contributed by atoms with E-state index in [2.05, 4.69) is 13.5 Å². The van der Waals surface area contributed by atoms with Gasteiger partial charge in [0.15, 0.2) is 0 Å². The molecule has 1 heterocycles. The van der Waals surface area contributed by atoms with Crippen LogP contribution >= 0.6 is 0 Å². The molecule has 0 unspecified atom stereocenters. The van der Waals surface area contributed by atoms with Gasteiger partial charge in [0.2, 0.25) is 0 Å². The minimum Gasteiger partial charge on any atom is -0.391 e. The predicted octanol–water partition coefficient (Wildman–Crippen LogP) is 3.55. The number of aliphatic hydroxyl groups is 1. The van der Waals surface area contributed by atoms with E-state index >= 15 is 0 Å². The lowest BCUT2D eigenvalue weighted by Crippen LogP contribution is -2.10. The van der Waals surface area contributed by atoms with Crippen LogP contribution < -0.4 is 0 Å². The molecule has 92 valence electrons. The van der Waals surface area contributed by atoms with Gasteiger partial charge in [0.1, 0.15) is 0 Å². The van der Waals surface area contributed by atoms with E-state index in [1.54, 1.807) is 20.8 Å². The first-order chi connectivity index (χ1) is 6.77. The number of hydrogen-bond acceptors (Lipinski definition) is 2. The first kappa shape index (κ1) is 17.1. The van der Waals surface area contributed by atoms with E-state index in [1.165, 1.54) is 18.4 Å². The van der Waals surface area contributed by atoms with Gasteiger partial charge in [-0.2, -0.15) is 0 Å². The molecule has 0 saturated carbocycles. The fourth-order valence-electron chi connectivity index (χ4n) is 0.510. The van der Waals surface area contributed by atoms with Crippen molar-refractivity contribution in [2.24, 2.45) is 0 Å². The zero-order chi connectivity index (χ0) is 12.3. The second-order valence-corrected chi connectivity index (χ2v) is 4.80. The number of rotatable bonds is 1. The Morgan fingerprint density at radius 2 is 1.53 bits per heavy atom. The molecule has 0 bridgehead atoms. The van der Waals surface area contributed by atoms with Crippen LogP contribution in [0.25, 0.3) is 0 Å². The molecule has 0 spiro atoms. The van der Waals surface area contributed by atoms with Crippen molar-refractivity contribution in [3.05, 3.63) is 12.2 Å². The Labute approximate surface area is 95.3 Å². The quantitative estimate of drug-likeness (QED) is 0.679. The molecule has 0 aromatic carbocycles. The molecule has 1 aliphatic heterocycles. The second-order valence-electron chi connectivity index (χ2n) is 4.80. The molecule has 1 rings (SSSR count).